The van der Waals surface area contributed by atoms with Gasteiger partial charge in [0.15, 0.2) is 18.3 Å². The molecule has 0 aromatic heterocycles. The van der Waals surface area contributed by atoms with Crippen LogP contribution in [0.1, 0.15) is 47.0 Å². The third kappa shape index (κ3) is 9.08. The Bertz CT molecular complexity index is 1930. The number of aryl methyl sites for hydroxylation is 1. The summed E-state index contributed by atoms with van der Waals surface area (Å²) in [5, 5.41) is 0. The minimum atomic E-state index is -1.48. The quantitative estimate of drug-likeness (QED) is 0.0796. The molecule has 4 atom stereocenters. The summed E-state index contributed by atoms with van der Waals surface area (Å²) in [6.07, 6.45) is -5.61. The molecule has 5 aromatic rings. The lowest BCUT2D eigenvalue weighted by Gasteiger charge is -2.45. The van der Waals surface area contributed by atoms with Gasteiger partial charge in [-0.15, -0.1) is 0 Å². The minimum absolute atomic E-state index is 0.204. The van der Waals surface area contributed by atoms with E-state index in [4.69, 9.17) is 23.8 Å². The molecule has 0 saturated carbocycles. The van der Waals surface area contributed by atoms with Crippen molar-refractivity contribution in [2.24, 2.45) is 0 Å². The first-order valence-corrected chi connectivity index (χ1v) is 16.8. The molecule has 1 heterocycles. The van der Waals surface area contributed by atoms with E-state index in [1.807, 2.05) is 31.2 Å². The largest absolute Gasteiger partial charge is 0.459 e. The summed E-state index contributed by atoms with van der Waals surface area (Å²) in [6.45, 7) is 1.52. The van der Waals surface area contributed by atoms with E-state index in [1.165, 1.54) is 4.47 Å². The molecule has 1 saturated heterocycles. The van der Waals surface area contributed by atoms with Crippen molar-refractivity contribution in [2.45, 2.75) is 36.4 Å². The predicted molar refractivity (Wildman–Crippen MR) is 187 cm³/mol. The van der Waals surface area contributed by atoms with Gasteiger partial charge in [-0.25, -0.2) is 19.2 Å². The van der Waals surface area contributed by atoms with E-state index in [2.05, 4.69) is 0 Å². The van der Waals surface area contributed by atoms with E-state index in [0.29, 0.717) is 10.5 Å². The second-order valence-electron chi connectivity index (χ2n) is 11.4. The number of carbonyl (C=O) groups excluding carboxylic acids is 4. The Morgan fingerprint density at radius 3 is 1.43 bits per heavy atom. The number of ether oxygens (including phenoxy) is 4. The van der Waals surface area contributed by atoms with Gasteiger partial charge in [-0.3, -0.25) is 4.84 Å². The van der Waals surface area contributed by atoms with Crippen molar-refractivity contribution in [3.63, 3.8) is 0 Å². The van der Waals surface area contributed by atoms with Crippen molar-refractivity contribution in [1.29, 1.82) is 0 Å². The first kappa shape index (κ1) is 35.1. The lowest BCUT2D eigenvalue weighted by molar-refractivity contribution is -0.303. The van der Waals surface area contributed by atoms with Crippen LogP contribution in [0.25, 0.3) is 0 Å². The third-order valence-electron chi connectivity index (χ3n) is 7.77. The Morgan fingerprint density at radius 2 is 0.961 bits per heavy atom. The van der Waals surface area contributed by atoms with Crippen LogP contribution < -0.4 is 0 Å². The van der Waals surface area contributed by atoms with Crippen molar-refractivity contribution in [1.82, 2.24) is 4.47 Å². The molecule has 6 rings (SSSR count). The van der Waals surface area contributed by atoms with Crippen molar-refractivity contribution in [3.05, 3.63) is 173 Å². The topological polar surface area (TPSA) is 118 Å². The zero-order valence-corrected chi connectivity index (χ0v) is 28.2. The number of benzene rings is 5. The molecular formula is C40H33NO9S. The van der Waals surface area contributed by atoms with Crippen LogP contribution in [0.3, 0.4) is 0 Å². The Kier molecular flexibility index (Phi) is 11.5. The van der Waals surface area contributed by atoms with Crippen molar-refractivity contribution in [2.75, 3.05) is 6.61 Å². The molecule has 5 aromatic carbocycles. The van der Waals surface area contributed by atoms with Crippen LogP contribution in [0.5, 0.6) is 0 Å². The molecule has 0 aliphatic carbocycles. The van der Waals surface area contributed by atoms with Gasteiger partial charge in [0.25, 0.3) is 0 Å². The normalized spacial score (nSPS) is 18.6. The van der Waals surface area contributed by atoms with Gasteiger partial charge in [0.2, 0.25) is 6.23 Å². The Hall–Kier alpha value is -5.75. The lowest BCUT2D eigenvalue weighted by atomic mass is 10.0. The molecular weight excluding hydrogens is 671 g/mol. The number of hydrogen-bond acceptors (Lipinski definition) is 11. The van der Waals surface area contributed by atoms with Crippen LogP contribution in [0.2, 0.25) is 0 Å². The standard InChI is InChI=1S/C40H33NO9S/c1-27-22-24-32(25-23-27)51-41-36(49-40(45)31-20-12-5-13-21-31)35(48-39(44)30-18-10-4-11-19-30)34(47-38(43)29-16-8-3-9-17-29)33(50-41)26-46-37(42)28-14-6-2-7-15-28/h2-25,33-36H,26H2,1H3/t33?,34-,35?,36?/m1/s1. The van der Waals surface area contributed by atoms with Gasteiger partial charge in [-0.05, 0) is 79.5 Å². The summed E-state index contributed by atoms with van der Waals surface area (Å²) in [4.78, 5) is 61.2. The van der Waals surface area contributed by atoms with Crippen LogP contribution in [-0.4, -0.2) is 59.5 Å². The number of hydroxylamine groups is 1. The Balaban J connectivity index is 1.41. The maximum absolute atomic E-state index is 13.7. The molecule has 0 spiro atoms. The van der Waals surface area contributed by atoms with Crippen LogP contribution in [-0.2, 0) is 23.8 Å². The molecule has 0 bridgehead atoms. The second-order valence-corrected chi connectivity index (χ2v) is 12.4. The molecule has 51 heavy (non-hydrogen) atoms. The summed E-state index contributed by atoms with van der Waals surface area (Å²) >= 11 is 1.06. The number of nitrogens with zero attached hydrogens (tertiary/aromatic N) is 1. The summed E-state index contributed by atoms with van der Waals surface area (Å²) < 4.78 is 25.2. The van der Waals surface area contributed by atoms with Gasteiger partial charge in [0.1, 0.15) is 6.61 Å². The summed E-state index contributed by atoms with van der Waals surface area (Å²) in [5.74, 6) is -2.94. The van der Waals surface area contributed by atoms with Crippen LogP contribution >= 0.6 is 11.9 Å². The monoisotopic (exact) mass is 703 g/mol. The first-order valence-electron chi connectivity index (χ1n) is 16.1. The average molecular weight is 704 g/mol. The SMILES string of the molecule is Cc1ccc(SN2OC(COC(=O)c3ccccc3)[C@@H](OC(=O)c3ccccc3)C(OC(=O)c3ccccc3)C2OC(=O)c2ccccc2)cc1. The Labute approximate surface area is 298 Å². The average Bonchev–Trinajstić information content (AvgIpc) is 3.18. The molecule has 0 radical (unpaired) electrons. The van der Waals surface area contributed by atoms with Gasteiger partial charge in [0, 0.05) is 4.90 Å². The molecule has 1 fully saturated rings. The molecule has 11 heteroatoms. The molecule has 3 unspecified atom stereocenters. The molecule has 0 N–H and O–H groups in total. The van der Waals surface area contributed by atoms with Gasteiger partial charge in [-0.1, -0.05) is 95.0 Å². The summed E-state index contributed by atoms with van der Waals surface area (Å²) in [5.41, 5.74) is 1.94. The fraction of sp³-hybridized carbons (Fsp3) is 0.150. The second kappa shape index (κ2) is 16.8. The highest BCUT2D eigenvalue weighted by Crippen LogP contribution is 2.37. The van der Waals surface area contributed by atoms with E-state index in [-0.39, 0.29) is 16.7 Å². The summed E-state index contributed by atoms with van der Waals surface area (Å²) in [7, 11) is 0. The number of rotatable bonds is 11. The Morgan fingerprint density at radius 1 is 0.549 bits per heavy atom. The smallest absolute Gasteiger partial charge is 0.339 e. The maximum atomic E-state index is 13.7. The van der Waals surface area contributed by atoms with Crippen molar-refractivity contribution in [3.8, 4) is 0 Å². The van der Waals surface area contributed by atoms with Gasteiger partial charge in [-0.2, -0.15) is 0 Å². The van der Waals surface area contributed by atoms with Crippen molar-refractivity contribution < 1.29 is 43.0 Å². The van der Waals surface area contributed by atoms with E-state index in [0.717, 1.165) is 17.5 Å². The number of carbonyl (C=O) groups is 4. The van der Waals surface area contributed by atoms with E-state index in [9.17, 15) is 19.2 Å². The van der Waals surface area contributed by atoms with Crippen LogP contribution in [0, 0.1) is 6.92 Å². The fourth-order valence-corrected chi connectivity index (χ4v) is 6.01. The first-order chi connectivity index (χ1) is 24.9. The van der Waals surface area contributed by atoms with Crippen LogP contribution in [0.15, 0.2) is 150 Å². The molecule has 1 aliphatic rings. The zero-order chi connectivity index (χ0) is 35.6. The number of esters is 4. The van der Waals surface area contributed by atoms with Gasteiger partial charge >= 0.3 is 23.9 Å². The fourth-order valence-electron chi connectivity index (χ4n) is 5.13. The summed E-state index contributed by atoms with van der Waals surface area (Å²) in [6, 6.07) is 40.5. The van der Waals surface area contributed by atoms with Crippen molar-refractivity contribution >= 4 is 35.8 Å². The molecule has 258 valence electrons. The predicted octanol–water partition coefficient (Wildman–Crippen LogP) is 7.11. The number of hydrogen-bond donors (Lipinski definition) is 0. The highest BCUT2D eigenvalue weighted by molar-refractivity contribution is 7.97. The zero-order valence-electron chi connectivity index (χ0n) is 27.4. The molecule has 1 aliphatic heterocycles. The minimum Gasteiger partial charge on any atom is -0.459 e. The van der Waals surface area contributed by atoms with Gasteiger partial charge < -0.3 is 18.9 Å². The highest BCUT2D eigenvalue weighted by Gasteiger charge is 2.53. The van der Waals surface area contributed by atoms with E-state index in [1.54, 1.807) is 121 Å². The molecule has 0 amide bonds. The highest BCUT2D eigenvalue weighted by atomic mass is 32.2. The lowest BCUT2D eigenvalue weighted by Crippen LogP contribution is -2.63. The van der Waals surface area contributed by atoms with Crippen LogP contribution in [0.4, 0.5) is 0 Å². The third-order valence-corrected chi connectivity index (χ3v) is 8.72. The van der Waals surface area contributed by atoms with E-state index >= 15 is 0 Å². The molecule has 10 nitrogen and oxygen atoms in total. The maximum Gasteiger partial charge on any atom is 0.339 e. The van der Waals surface area contributed by atoms with E-state index < -0.39 is 55.0 Å². The van der Waals surface area contributed by atoms with Gasteiger partial charge in [0.05, 0.1) is 22.3 Å².